The summed E-state index contributed by atoms with van der Waals surface area (Å²) in [5.74, 6) is 4.91. The third-order valence-electron chi connectivity index (χ3n) is 10.1. The Balaban J connectivity index is 1.34. The van der Waals surface area contributed by atoms with E-state index in [0.29, 0.717) is 23.0 Å². The molecule has 5 fully saturated rings. The van der Waals surface area contributed by atoms with Crippen LogP contribution in [0.5, 0.6) is 0 Å². The number of Topliss-reactive ketones (excluding diaryl/α,β-unsaturated/α-hetero) is 1. The average Bonchev–Trinajstić information content (AvgIpc) is 3.29. The Morgan fingerprint density at radius 1 is 1.04 bits per heavy atom. The second-order valence-corrected chi connectivity index (χ2v) is 11.4. The predicted molar refractivity (Wildman–Crippen MR) is 115 cm³/mol. The summed E-state index contributed by atoms with van der Waals surface area (Å²) in [7, 11) is 0. The summed E-state index contributed by atoms with van der Waals surface area (Å²) in [5, 5.41) is 3.48. The molecular weight excluding hydrogens is 342 g/mol. The Bertz CT molecular complexity index is 689. The number of nitrogens with one attached hydrogen (secondary N) is 1. The van der Waals surface area contributed by atoms with Crippen molar-refractivity contribution in [2.75, 3.05) is 13.1 Å². The van der Waals surface area contributed by atoms with Gasteiger partial charge >= 0.3 is 0 Å². The van der Waals surface area contributed by atoms with Crippen molar-refractivity contribution in [3.63, 3.8) is 0 Å². The second-order valence-electron chi connectivity index (χ2n) is 11.4. The normalized spacial score (nSPS) is 51.2. The Morgan fingerprint density at radius 3 is 2.64 bits per heavy atom. The van der Waals surface area contributed by atoms with Gasteiger partial charge in [-0.15, -0.1) is 0 Å². The lowest BCUT2D eigenvalue weighted by Crippen LogP contribution is -2.54. The fourth-order valence-electron chi connectivity index (χ4n) is 8.37. The molecule has 4 aliphatic carbocycles. The summed E-state index contributed by atoms with van der Waals surface area (Å²) in [6.07, 6.45) is 16.0. The Labute approximate surface area is 171 Å². The van der Waals surface area contributed by atoms with Crippen molar-refractivity contribution in [2.45, 2.75) is 71.6 Å². The quantitative estimate of drug-likeness (QED) is 0.636. The molecule has 5 aliphatic rings. The van der Waals surface area contributed by atoms with Crippen molar-refractivity contribution in [1.29, 1.82) is 0 Å². The molecule has 0 radical (unpaired) electrons. The van der Waals surface area contributed by atoms with Crippen molar-refractivity contribution in [1.82, 2.24) is 5.32 Å². The molecule has 154 valence electrons. The smallest absolute Gasteiger partial charge is 0.139 e. The van der Waals surface area contributed by atoms with Gasteiger partial charge in [0.1, 0.15) is 5.78 Å². The van der Waals surface area contributed by atoms with Crippen molar-refractivity contribution < 1.29 is 4.79 Å². The number of fused-ring (bicyclic) bond motifs is 5. The molecule has 2 heteroatoms. The van der Waals surface area contributed by atoms with E-state index in [0.717, 1.165) is 42.9 Å². The van der Waals surface area contributed by atoms with Crippen LogP contribution in [0.15, 0.2) is 24.3 Å². The summed E-state index contributed by atoms with van der Waals surface area (Å²) < 4.78 is 0. The molecule has 5 rings (SSSR count). The lowest BCUT2D eigenvalue weighted by molar-refractivity contribution is -0.135. The van der Waals surface area contributed by atoms with E-state index in [4.69, 9.17) is 0 Å². The number of carbonyl (C=O) groups excluding carboxylic acids is 1. The predicted octanol–water partition coefficient (Wildman–Crippen LogP) is 5.55. The molecule has 0 aromatic heterocycles. The zero-order valence-corrected chi connectivity index (χ0v) is 18.0. The van der Waals surface area contributed by atoms with Crippen molar-refractivity contribution in [2.24, 2.45) is 46.3 Å². The first-order chi connectivity index (χ1) is 13.4. The van der Waals surface area contributed by atoms with Crippen molar-refractivity contribution in [3.8, 4) is 0 Å². The summed E-state index contributed by atoms with van der Waals surface area (Å²) in [6.45, 7) is 11.9. The number of allylic oxidation sites excluding steroid dienone is 2. The highest BCUT2D eigenvalue weighted by Gasteiger charge is 2.60. The van der Waals surface area contributed by atoms with Gasteiger partial charge in [-0.2, -0.15) is 0 Å². The molecule has 0 bridgehead atoms. The van der Waals surface area contributed by atoms with Crippen LogP contribution in [0.25, 0.3) is 0 Å². The zero-order chi connectivity index (χ0) is 19.5. The van der Waals surface area contributed by atoms with Gasteiger partial charge in [0, 0.05) is 18.4 Å². The molecule has 1 heterocycles. The van der Waals surface area contributed by atoms with E-state index in [9.17, 15) is 4.79 Å². The number of carbonyl (C=O) groups is 1. The number of hydrogen-bond donors (Lipinski definition) is 1. The Kier molecular flexibility index (Phi) is 4.66. The van der Waals surface area contributed by atoms with Crippen LogP contribution < -0.4 is 5.32 Å². The molecule has 1 N–H and O–H groups in total. The maximum Gasteiger partial charge on any atom is 0.139 e. The third kappa shape index (κ3) is 2.81. The van der Waals surface area contributed by atoms with E-state index in [-0.39, 0.29) is 5.41 Å². The van der Waals surface area contributed by atoms with Crippen molar-refractivity contribution in [3.05, 3.63) is 24.3 Å². The lowest BCUT2D eigenvalue weighted by Gasteiger charge is -2.60. The minimum Gasteiger partial charge on any atom is -0.316 e. The van der Waals surface area contributed by atoms with Gasteiger partial charge in [0.15, 0.2) is 0 Å². The van der Waals surface area contributed by atoms with Gasteiger partial charge in [0.25, 0.3) is 0 Å². The standard InChI is InChI=1S/C26H39NO/c1-17-14-20-21-6-7-24(28)26(21,3)12-9-22(20)25(2)11-8-18(15-23(17)25)4-5-19-10-13-27-16-19/h4-5,18-23,27H,1,6-16H2,2-3H3/t18-,19-,20+,21+,22+,23?,25-,26+/m1/s1. The molecule has 1 saturated heterocycles. The first kappa shape index (κ1) is 19.1. The molecule has 0 amide bonds. The SMILES string of the molecule is C=C1C[C@@H]2[C@H](CC[C@]3(C)C(=O)CC[C@@H]23)[C@@]2(C)CC[C@@H](C=C[C@@H]3CCNC3)CC12. The number of hydrogen-bond acceptors (Lipinski definition) is 2. The highest BCUT2D eigenvalue weighted by atomic mass is 16.1. The molecule has 4 saturated carbocycles. The largest absolute Gasteiger partial charge is 0.316 e. The van der Waals surface area contributed by atoms with Crippen LogP contribution in [0.3, 0.4) is 0 Å². The highest BCUT2D eigenvalue weighted by molar-refractivity contribution is 5.87. The van der Waals surface area contributed by atoms with Gasteiger partial charge in [0.05, 0.1) is 0 Å². The number of rotatable bonds is 2. The van der Waals surface area contributed by atoms with Crippen LogP contribution in [-0.4, -0.2) is 18.9 Å². The molecular formula is C26H39NO. The summed E-state index contributed by atoms with van der Waals surface area (Å²) in [5.41, 5.74) is 1.93. The average molecular weight is 382 g/mol. The monoisotopic (exact) mass is 381 g/mol. The molecule has 2 nitrogen and oxygen atoms in total. The minimum atomic E-state index is -0.0140. The molecule has 8 atom stereocenters. The van der Waals surface area contributed by atoms with Crippen LogP contribution in [0, 0.1) is 46.3 Å². The van der Waals surface area contributed by atoms with Gasteiger partial charge < -0.3 is 5.32 Å². The first-order valence-corrected chi connectivity index (χ1v) is 12.0. The first-order valence-electron chi connectivity index (χ1n) is 12.0. The van der Waals surface area contributed by atoms with Gasteiger partial charge in [-0.25, -0.2) is 0 Å². The Morgan fingerprint density at radius 2 is 1.86 bits per heavy atom. The van der Waals surface area contributed by atoms with E-state index in [1.165, 1.54) is 57.2 Å². The van der Waals surface area contributed by atoms with Crippen molar-refractivity contribution >= 4 is 5.78 Å². The Hall–Kier alpha value is -0.890. The van der Waals surface area contributed by atoms with Crippen LogP contribution >= 0.6 is 0 Å². The van der Waals surface area contributed by atoms with Crippen LogP contribution in [0.4, 0.5) is 0 Å². The van der Waals surface area contributed by atoms with E-state index in [1.807, 2.05) is 0 Å². The summed E-state index contributed by atoms with van der Waals surface area (Å²) >= 11 is 0. The molecule has 28 heavy (non-hydrogen) atoms. The van der Waals surface area contributed by atoms with E-state index in [2.05, 4.69) is 37.9 Å². The molecule has 0 aromatic rings. The second kappa shape index (κ2) is 6.83. The summed E-state index contributed by atoms with van der Waals surface area (Å²) in [4.78, 5) is 12.6. The minimum absolute atomic E-state index is 0.0140. The van der Waals surface area contributed by atoms with Gasteiger partial charge in [-0.05, 0) is 98.8 Å². The van der Waals surface area contributed by atoms with E-state index >= 15 is 0 Å². The fraction of sp³-hybridized carbons (Fsp3) is 0.808. The fourth-order valence-corrected chi connectivity index (χ4v) is 8.37. The van der Waals surface area contributed by atoms with Gasteiger partial charge in [-0.3, -0.25) is 4.79 Å². The topological polar surface area (TPSA) is 29.1 Å². The third-order valence-corrected chi connectivity index (χ3v) is 10.1. The van der Waals surface area contributed by atoms with Gasteiger partial charge in [0.2, 0.25) is 0 Å². The maximum atomic E-state index is 12.6. The summed E-state index contributed by atoms with van der Waals surface area (Å²) in [6, 6.07) is 0. The zero-order valence-electron chi connectivity index (χ0n) is 18.0. The van der Waals surface area contributed by atoms with Crippen LogP contribution in [0.1, 0.15) is 71.6 Å². The van der Waals surface area contributed by atoms with Crippen LogP contribution in [0.2, 0.25) is 0 Å². The van der Waals surface area contributed by atoms with E-state index in [1.54, 1.807) is 0 Å². The molecule has 0 spiro atoms. The van der Waals surface area contributed by atoms with Crippen LogP contribution in [-0.2, 0) is 4.79 Å². The lowest BCUT2D eigenvalue weighted by atomic mass is 9.44. The molecule has 1 unspecified atom stereocenters. The van der Waals surface area contributed by atoms with E-state index < -0.39 is 0 Å². The van der Waals surface area contributed by atoms with Gasteiger partial charge in [-0.1, -0.05) is 38.2 Å². The maximum absolute atomic E-state index is 12.6. The molecule has 0 aromatic carbocycles. The molecule has 1 aliphatic heterocycles. The number of ketones is 1. The highest BCUT2D eigenvalue weighted by Crippen LogP contribution is 2.66.